The fraction of sp³-hybridized carbons (Fsp3) is 0.545. The van der Waals surface area contributed by atoms with Crippen molar-refractivity contribution in [3.63, 3.8) is 0 Å². The molecule has 0 unspecified atom stereocenters. The Morgan fingerprint density at radius 1 is 1.33 bits per heavy atom. The molecule has 0 bridgehead atoms. The molecule has 0 nitrogen and oxygen atoms in total. The first-order chi connectivity index (χ1) is 5.75. The number of hydrogen-bond donors (Lipinski definition) is 0. The average molecular weight is 180 g/mol. The van der Waals surface area contributed by atoms with E-state index >= 15 is 0 Å². The molecular formula is C11H16S. The summed E-state index contributed by atoms with van der Waals surface area (Å²) in [4.78, 5) is 1.19. The van der Waals surface area contributed by atoms with Gasteiger partial charge in [-0.05, 0) is 38.2 Å². The van der Waals surface area contributed by atoms with Crippen molar-refractivity contribution in [1.29, 1.82) is 0 Å². The molecule has 0 N–H and O–H groups in total. The van der Waals surface area contributed by atoms with Gasteiger partial charge in [0.25, 0.3) is 0 Å². The van der Waals surface area contributed by atoms with Crippen molar-refractivity contribution in [2.45, 2.75) is 39.5 Å². The lowest BCUT2D eigenvalue weighted by Crippen LogP contribution is -1.91. The van der Waals surface area contributed by atoms with Crippen molar-refractivity contribution in [2.75, 3.05) is 0 Å². The zero-order valence-electron chi connectivity index (χ0n) is 7.89. The van der Waals surface area contributed by atoms with Gasteiger partial charge in [-0.3, -0.25) is 0 Å². The van der Waals surface area contributed by atoms with Crippen LogP contribution < -0.4 is 0 Å². The molecule has 0 aromatic rings. The molecule has 1 aliphatic rings. The van der Waals surface area contributed by atoms with Crippen LogP contribution in [0.4, 0.5) is 0 Å². The summed E-state index contributed by atoms with van der Waals surface area (Å²) in [7, 11) is 0. The van der Waals surface area contributed by atoms with Gasteiger partial charge in [0.05, 0.1) is 0 Å². The normalized spacial score (nSPS) is 18.3. The predicted molar refractivity (Wildman–Crippen MR) is 58.6 cm³/mol. The van der Waals surface area contributed by atoms with E-state index in [1.54, 1.807) is 0 Å². The van der Waals surface area contributed by atoms with Crippen LogP contribution in [0.5, 0.6) is 0 Å². The van der Waals surface area contributed by atoms with Crippen LogP contribution in [-0.4, -0.2) is 4.86 Å². The first kappa shape index (κ1) is 9.66. The second-order valence-corrected chi connectivity index (χ2v) is 3.76. The van der Waals surface area contributed by atoms with E-state index in [-0.39, 0.29) is 0 Å². The molecule has 12 heavy (non-hydrogen) atoms. The molecule has 1 heteroatoms. The van der Waals surface area contributed by atoms with Crippen molar-refractivity contribution in [1.82, 2.24) is 0 Å². The molecule has 0 aromatic carbocycles. The molecule has 1 rings (SSSR count). The zero-order chi connectivity index (χ0) is 8.97. The predicted octanol–water partition coefficient (Wildman–Crippen LogP) is 3.82. The standard InChI is InChI=1S/C11H16S/c1-3-4-5-6-10-9(2)7-8-11(10)12/h4-5H,3,6-8H2,1-2H3/b5-4-. The lowest BCUT2D eigenvalue weighted by atomic mass is 10.1. The zero-order valence-corrected chi connectivity index (χ0v) is 8.71. The molecule has 0 spiro atoms. The quantitative estimate of drug-likeness (QED) is 0.470. The highest BCUT2D eigenvalue weighted by molar-refractivity contribution is 7.80. The highest BCUT2D eigenvalue weighted by atomic mass is 32.1. The van der Waals surface area contributed by atoms with Crippen LogP contribution in [0.3, 0.4) is 0 Å². The second-order valence-electron chi connectivity index (χ2n) is 3.27. The summed E-state index contributed by atoms with van der Waals surface area (Å²) in [6, 6.07) is 0. The van der Waals surface area contributed by atoms with Gasteiger partial charge in [-0.2, -0.15) is 0 Å². The van der Waals surface area contributed by atoms with E-state index in [4.69, 9.17) is 12.2 Å². The summed E-state index contributed by atoms with van der Waals surface area (Å²) in [5.74, 6) is 0. The topological polar surface area (TPSA) is 0 Å². The number of thiocarbonyl (C=S) groups is 1. The van der Waals surface area contributed by atoms with Gasteiger partial charge < -0.3 is 0 Å². The van der Waals surface area contributed by atoms with E-state index in [1.807, 2.05) is 0 Å². The first-order valence-electron chi connectivity index (χ1n) is 4.62. The van der Waals surface area contributed by atoms with Gasteiger partial charge in [0.2, 0.25) is 0 Å². The smallest absolute Gasteiger partial charge is 0.0190 e. The van der Waals surface area contributed by atoms with Crippen LogP contribution >= 0.6 is 12.2 Å². The highest BCUT2D eigenvalue weighted by Gasteiger charge is 2.14. The van der Waals surface area contributed by atoms with Crippen LogP contribution in [0.2, 0.25) is 0 Å². The van der Waals surface area contributed by atoms with Crippen LogP contribution in [-0.2, 0) is 0 Å². The first-order valence-corrected chi connectivity index (χ1v) is 5.03. The Hall–Kier alpha value is -0.430. The Morgan fingerprint density at radius 2 is 2.08 bits per heavy atom. The summed E-state index contributed by atoms with van der Waals surface area (Å²) < 4.78 is 0. The Bertz CT molecular complexity index is 233. The maximum atomic E-state index is 5.28. The number of hydrogen-bond acceptors (Lipinski definition) is 1. The number of rotatable bonds is 3. The molecule has 0 saturated carbocycles. The fourth-order valence-corrected chi connectivity index (χ4v) is 1.86. The summed E-state index contributed by atoms with van der Waals surface area (Å²) >= 11 is 5.28. The average Bonchev–Trinajstić information content (AvgIpc) is 2.35. The Labute approximate surface area is 80.4 Å². The summed E-state index contributed by atoms with van der Waals surface area (Å²) in [5, 5.41) is 0. The Balaban J connectivity index is 2.55. The third kappa shape index (κ3) is 2.28. The van der Waals surface area contributed by atoms with E-state index in [1.165, 1.54) is 22.4 Å². The van der Waals surface area contributed by atoms with Crippen molar-refractivity contribution in [3.05, 3.63) is 23.3 Å². The molecule has 0 radical (unpaired) electrons. The van der Waals surface area contributed by atoms with Crippen molar-refractivity contribution < 1.29 is 0 Å². The van der Waals surface area contributed by atoms with Gasteiger partial charge in [-0.25, -0.2) is 0 Å². The highest BCUT2D eigenvalue weighted by Crippen LogP contribution is 2.26. The summed E-state index contributed by atoms with van der Waals surface area (Å²) in [6.45, 7) is 4.36. The molecule has 66 valence electrons. The van der Waals surface area contributed by atoms with E-state index < -0.39 is 0 Å². The van der Waals surface area contributed by atoms with Gasteiger partial charge in [0.15, 0.2) is 0 Å². The van der Waals surface area contributed by atoms with E-state index in [0.29, 0.717) is 0 Å². The van der Waals surface area contributed by atoms with Gasteiger partial charge in [-0.15, -0.1) is 0 Å². The van der Waals surface area contributed by atoms with Gasteiger partial charge in [0.1, 0.15) is 0 Å². The van der Waals surface area contributed by atoms with Gasteiger partial charge >= 0.3 is 0 Å². The monoisotopic (exact) mass is 180 g/mol. The molecule has 1 aliphatic carbocycles. The molecule has 0 fully saturated rings. The minimum Gasteiger partial charge on any atom is -0.0885 e. The van der Waals surface area contributed by atoms with Crippen LogP contribution in [0, 0.1) is 0 Å². The van der Waals surface area contributed by atoms with Crippen LogP contribution in [0.15, 0.2) is 23.3 Å². The van der Waals surface area contributed by atoms with Gasteiger partial charge in [0, 0.05) is 4.86 Å². The van der Waals surface area contributed by atoms with Crippen molar-refractivity contribution >= 4 is 17.1 Å². The molecule has 0 atom stereocenters. The number of allylic oxidation sites excluding steroid dienone is 4. The SMILES string of the molecule is CC/C=C\CC1=C(C)CCC1=S. The minimum absolute atomic E-state index is 1.05. The third-order valence-electron chi connectivity index (χ3n) is 2.30. The molecule has 0 saturated heterocycles. The third-order valence-corrected chi connectivity index (χ3v) is 2.75. The van der Waals surface area contributed by atoms with Crippen LogP contribution in [0.25, 0.3) is 0 Å². The molecule has 0 heterocycles. The minimum atomic E-state index is 1.05. The van der Waals surface area contributed by atoms with E-state index in [2.05, 4.69) is 26.0 Å². The largest absolute Gasteiger partial charge is 0.0885 e. The molecule has 0 amide bonds. The van der Waals surface area contributed by atoms with Crippen molar-refractivity contribution in [3.8, 4) is 0 Å². The van der Waals surface area contributed by atoms with Crippen LogP contribution in [0.1, 0.15) is 39.5 Å². The fourth-order valence-electron chi connectivity index (χ4n) is 1.50. The summed E-state index contributed by atoms with van der Waals surface area (Å²) in [6.07, 6.45) is 8.92. The molecule has 0 aliphatic heterocycles. The van der Waals surface area contributed by atoms with E-state index in [9.17, 15) is 0 Å². The lowest BCUT2D eigenvalue weighted by Gasteiger charge is -1.98. The summed E-state index contributed by atoms with van der Waals surface area (Å²) in [5.41, 5.74) is 2.93. The second kappa shape index (κ2) is 4.56. The van der Waals surface area contributed by atoms with Crippen molar-refractivity contribution in [2.24, 2.45) is 0 Å². The lowest BCUT2D eigenvalue weighted by molar-refractivity contribution is 1.06. The molecular weight excluding hydrogens is 164 g/mol. The Kier molecular flexibility index (Phi) is 3.67. The van der Waals surface area contributed by atoms with Gasteiger partial charge in [-0.1, -0.05) is 36.9 Å². The maximum Gasteiger partial charge on any atom is 0.0190 e. The van der Waals surface area contributed by atoms with E-state index in [0.717, 1.165) is 19.3 Å². The Morgan fingerprint density at radius 3 is 2.58 bits per heavy atom. The molecule has 0 aromatic heterocycles. The maximum absolute atomic E-state index is 5.28.